The second kappa shape index (κ2) is 6.52. The fraction of sp³-hybridized carbons (Fsp3) is 0.250. The number of pyridine rings is 1. The van der Waals surface area contributed by atoms with Crippen LogP contribution in [-0.4, -0.2) is 9.97 Å². The van der Waals surface area contributed by atoms with Gasteiger partial charge in [-0.15, -0.1) is 11.3 Å². The summed E-state index contributed by atoms with van der Waals surface area (Å²) in [4.78, 5) is 10.2. The number of thiazole rings is 1. The van der Waals surface area contributed by atoms with Gasteiger partial charge in [0.1, 0.15) is 5.01 Å². The summed E-state index contributed by atoms with van der Waals surface area (Å²) < 4.78 is 0. The first-order chi connectivity index (χ1) is 10.3. The Morgan fingerprint density at radius 2 is 2.10 bits per heavy atom. The number of rotatable bonds is 5. The van der Waals surface area contributed by atoms with Crippen molar-refractivity contribution in [2.75, 3.05) is 0 Å². The van der Waals surface area contributed by atoms with E-state index < -0.39 is 0 Å². The summed E-state index contributed by atoms with van der Waals surface area (Å²) in [5.74, 6) is 0. The van der Waals surface area contributed by atoms with Gasteiger partial charge in [0.2, 0.25) is 0 Å². The van der Waals surface area contributed by atoms with Gasteiger partial charge in [0, 0.05) is 40.8 Å². The molecule has 0 atom stereocenters. The van der Waals surface area contributed by atoms with Crippen molar-refractivity contribution in [1.82, 2.24) is 15.3 Å². The third-order valence-electron chi connectivity index (χ3n) is 3.34. The zero-order valence-electron chi connectivity index (χ0n) is 11.8. The van der Waals surface area contributed by atoms with Crippen molar-refractivity contribution < 1.29 is 0 Å². The van der Waals surface area contributed by atoms with Crippen molar-refractivity contribution in [3.8, 4) is 0 Å². The predicted molar refractivity (Wildman–Crippen MR) is 88.8 cm³/mol. The van der Waals surface area contributed by atoms with Crippen LogP contribution < -0.4 is 5.32 Å². The van der Waals surface area contributed by atoms with Crippen LogP contribution in [0.4, 0.5) is 0 Å². The molecule has 108 valence electrons. The summed E-state index contributed by atoms with van der Waals surface area (Å²) in [6.45, 7) is 3.68. The van der Waals surface area contributed by atoms with Gasteiger partial charge in [0.05, 0.1) is 5.52 Å². The van der Waals surface area contributed by atoms with Crippen LogP contribution in [-0.2, 0) is 19.5 Å². The van der Waals surface area contributed by atoms with Crippen LogP contribution >= 0.6 is 22.9 Å². The topological polar surface area (TPSA) is 37.8 Å². The van der Waals surface area contributed by atoms with E-state index in [0.29, 0.717) is 0 Å². The van der Waals surface area contributed by atoms with E-state index in [-0.39, 0.29) is 0 Å². The normalized spacial score (nSPS) is 11.1. The van der Waals surface area contributed by atoms with Crippen molar-refractivity contribution in [2.45, 2.75) is 26.4 Å². The number of nitrogens with zero attached hydrogens (tertiary/aromatic N) is 2. The smallest absolute Gasteiger partial charge is 0.107 e. The van der Waals surface area contributed by atoms with Crippen LogP contribution in [0.25, 0.3) is 10.9 Å². The Bertz CT molecular complexity index is 754. The van der Waals surface area contributed by atoms with Crippen LogP contribution in [0.15, 0.2) is 36.7 Å². The van der Waals surface area contributed by atoms with E-state index in [2.05, 4.69) is 22.2 Å². The van der Waals surface area contributed by atoms with Crippen molar-refractivity contribution in [1.29, 1.82) is 0 Å². The first-order valence-corrected chi connectivity index (χ1v) is 8.13. The van der Waals surface area contributed by atoms with E-state index in [1.807, 2.05) is 30.5 Å². The molecular weight excluding hydrogens is 302 g/mol. The fourth-order valence-corrected chi connectivity index (χ4v) is 3.28. The molecule has 0 aliphatic carbocycles. The minimum Gasteiger partial charge on any atom is -0.306 e. The Kier molecular flexibility index (Phi) is 4.48. The highest BCUT2D eigenvalue weighted by Gasteiger charge is 2.06. The summed E-state index contributed by atoms with van der Waals surface area (Å²) in [5, 5.41) is 6.30. The first-order valence-electron chi connectivity index (χ1n) is 6.94. The second-order valence-electron chi connectivity index (χ2n) is 4.78. The largest absolute Gasteiger partial charge is 0.306 e. The lowest BCUT2D eigenvalue weighted by atomic mass is 10.1. The number of hydrogen-bond acceptors (Lipinski definition) is 4. The fourth-order valence-electron chi connectivity index (χ4n) is 2.24. The molecule has 3 nitrogen and oxygen atoms in total. The zero-order chi connectivity index (χ0) is 14.7. The minimum absolute atomic E-state index is 0.745. The Hall–Kier alpha value is -1.49. The number of aryl methyl sites for hydroxylation is 1. The Balaban J connectivity index is 1.72. The van der Waals surface area contributed by atoms with Crippen molar-refractivity contribution in [3.05, 3.63) is 57.1 Å². The van der Waals surface area contributed by atoms with E-state index in [0.717, 1.165) is 46.0 Å². The molecule has 0 fully saturated rings. The monoisotopic (exact) mass is 317 g/mol. The Labute approximate surface area is 133 Å². The second-order valence-corrected chi connectivity index (χ2v) is 6.39. The molecule has 0 radical (unpaired) electrons. The quantitative estimate of drug-likeness (QED) is 0.766. The van der Waals surface area contributed by atoms with Gasteiger partial charge in [-0.25, -0.2) is 4.98 Å². The lowest BCUT2D eigenvalue weighted by Crippen LogP contribution is -2.13. The number of hydrogen-bond donors (Lipinski definition) is 1. The molecule has 3 rings (SSSR count). The third kappa shape index (κ3) is 3.23. The molecule has 1 N–H and O–H groups in total. The molecule has 0 aliphatic rings. The number of nitrogens with one attached hydrogen (secondary N) is 1. The average molecular weight is 318 g/mol. The summed E-state index contributed by atoms with van der Waals surface area (Å²) >= 11 is 7.97. The van der Waals surface area contributed by atoms with E-state index in [9.17, 15) is 0 Å². The standard InChI is InChI=1S/C16H16ClN3S/c1-2-12-9-20-15(21-12)10-18-8-11-5-6-14(17)13-4-3-7-19-16(11)13/h3-7,9,18H,2,8,10H2,1H3. The molecule has 0 saturated heterocycles. The number of halogens is 1. The molecule has 3 aromatic rings. The van der Waals surface area contributed by atoms with Crippen LogP contribution in [0.2, 0.25) is 5.02 Å². The number of fused-ring (bicyclic) bond motifs is 1. The minimum atomic E-state index is 0.745. The van der Waals surface area contributed by atoms with Gasteiger partial charge >= 0.3 is 0 Å². The maximum Gasteiger partial charge on any atom is 0.107 e. The molecule has 0 amide bonds. The molecule has 2 aromatic heterocycles. The summed E-state index contributed by atoms with van der Waals surface area (Å²) in [5.41, 5.74) is 2.12. The highest BCUT2D eigenvalue weighted by Crippen LogP contribution is 2.24. The summed E-state index contributed by atoms with van der Waals surface area (Å²) in [6, 6.07) is 7.88. The summed E-state index contributed by atoms with van der Waals surface area (Å²) in [7, 11) is 0. The SMILES string of the molecule is CCc1cnc(CNCc2ccc(Cl)c3cccnc23)s1. The Morgan fingerprint density at radius 1 is 1.19 bits per heavy atom. The molecule has 5 heteroatoms. The van der Waals surface area contributed by atoms with E-state index in [1.54, 1.807) is 17.5 Å². The zero-order valence-corrected chi connectivity index (χ0v) is 13.3. The predicted octanol–water partition coefficient (Wildman–Crippen LogP) is 4.20. The lowest BCUT2D eigenvalue weighted by Gasteiger charge is -2.07. The van der Waals surface area contributed by atoms with Crippen LogP contribution in [0.3, 0.4) is 0 Å². The highest BCUT2D eigenvalue weighted by atomic mass is 35.5. The molecule has 1 aromatic carbocycles. The van der Waals surface area contributed by atoms with Gasteiger partial charge < -0.3 is 5.32 Å². The van der Waals surface area contributed by atoms with Crippen molar-refractivity contribution in [2.24, 2.45) is 0 Å². The van der Waals surface area contributed by atoms with Gasteiger partial charge in [-0.2, -0.15) is 0 Å². The highest BCUT2D eigenvalue weighted by molar-refractivity contribution is 7.11. The summed E-state index contributed by atoms with van der Waals surface area (Å²) in [6.07, 6.45) is 4.81. The number of benzene rings is 1. The third-order valence-corrected chi connectivity index (χ3v) is 4.81. The van der Waals surface area contributed by atoms with Crippen molar-refractivity contribution >= 4 is 33.8 Å². The molecule has 2 heterocycles. The molecule has 0 aliphatic heterocycles. The van der Waals surface area contributed by atoms with E-state index >= 15 is 0 Å². The lowest BCUT2D eigenvalue weighted by molar-refractivity contribution is 0.692. The molecule has 0 saturated carbocycles. The van der Waals surface area contributed by atoms with Crippen molar-refractivity contribution in [3.63, 3.8) is 0 Å². The van der Waals surface area contributed by atoms with Gasteiger partial charge in [-0.05, 0) is 30.2 Å². The first kappa shape index (κ1) is 14.4. The van der Waals surface area contributed by atoms with Gasteiger partial charge in [0.25, 0.3) is 0 Å². The molecule has 0 bridgehead atoms. The molecule has 21 heavy (non-hydrogen) atoms. The van der Waals surface area contributed by atoms with Gasteiger partial charge in [-0.1, -0.05) is 24.6 Å². The average Bonchev–Trinajstić information content (AvgIpc) is 2.98. The van der Waals surface area contributed by atoms with Crippen LogP contribution in [0.5, 0.6) is 0 Å². The van der Waals surface area contributed by atoms with Crippen LogP contribution in [0, 0.1) is 0 Å². The van der Waals surface area contributed by atoms with E-state index in [4.69, 9.17) is 11.6 Å². The van der Waals surface area contributed by atoms with Gasteiger partial charge in [-0.3, -0.25) is 4.98 Å². The molecule has 0 spiro atoms. The molecule has 0 unspecified atom stereocenters. The Morgan fingerprint density at radius 3 is 2.90 bits per heavy atom. The molecular formula is C16H16ClN3S. The van der Waals surface area contributed by atoms with Gasteiger partial charge in [0.15, 0.2) is 0 Å². The maximum absolute atomic E-state index is 6.21. The number of aromatic nitrogens is 2. The van der Waals surface area contributed by atoms with E-state index in [1.165, 1.54) is 4.88 Å². The maximum atomic E-state index is 6.21. The van der Waals surface area contributed by atoms with Crippen LogP contribution in [0.1, 0.15) is 22.4 Å².